The quantitative estimate of drug-likeness (QED) is 0.428. The SMILES string of the molecule is CC1(C)CC(=O)C2=C(C1)NC(SCC(=O)NC1CCCCC1)=C(C#N)C2c1cccc([N+](=O)[O-])c1. The van der Waals surface area contributed by atoms with Gasteiger partial charge in [0, 0.05) is 35.9 Å². The van der Waals surface area contributed by atoms with E-state index in [-0.39, 0.29) is 34.6 Å². The van der Waals surface area contributed by atoms with Crippen LogP contribution in [0.5, 0.6) is 0 Å². The molecule has 8 nitrogen and oxygen atoms in total. The lowest BCUT2D eigenvalue weighted by Gasteiger charge is -2.39. The molecule has 0 radical (unpaired) electrons. The fraction of sp³-hybridized carbons (Fsp3) is 0.500. The molecule has 0 spiro atoms. The second-order valence-electron chi connectivity index (χ2n) is 10.3. The van der Waals surface area contributed by atoms with Gasteiger partial charge in [0.25, 0.3) is 5.69 Å². The topological polar surface area (TPSA) is 125 Å². The van der Waals surface area contributed by atoms with E-state index in [1.807, 2.05) is 13.8 Å². The number of nitriles is 1. The van der Waals surface area contributed by atoms with Crippen molar-refractivity contribution in [1.82, 2.24) is 10.6 Å². The number of benzene rings is 1. The summed E-state index contributed by atoms with van der Waals surface area (Å²) in [6.07, 6.45) is 6.37. The Kier molecular flexibility index (Phi) is 7.31. The largest absolute Gasteiger partial charge is 0.353 e. The zero-order valence-electron chi connectivity index (χ0n) is 20.1. The summed E-state index contributed by atoms with van der Waals surface area (Å²) in [5, 5.41) is 28.5. The summed E-state index contributed by atoms with van der Waals surface area (Å²) in [5.74, 6) is -0.706. The number of hydrogen-bond acceptors (Lipinski definition) is 7. The molecular weight excluding hydrogens is 464 g/mol. The fourth-order valence-electron chi connectivity index (χ4n) is 5.30. The minimum absolute atomic E-state index is 0.0629. The van der Waals surface area contributed by atoms with E-state index in [2.05, 4.69) is 16.7 Å². The van der Waals surface area contributed by atoms with Crippen molar-refractivity contribution in [3.63, 3.8) is 0 Å². The lowest BCUT2D eigenvalue weighted by Crippen LogP contribution is -2.38. The summed E-state index contributed by atoms with van der Waals surface area (Å²) < 4.78 is 0. The Hall–Kier alpha value is -3.12. The number of carbonyl (C=O) groups is 2. The molecule has 1 unspecified atom stereocenters. The van der Waals surface area contributed by atoms with Crippen LogP contribution in [0.1, 0.15) is 70.3 Å². The Labute approximate surface area is 209 Å². The Morgan fingerprint density at radius 1 is 1.29 bits per heavy atom. The molecule has 2 aliphatic carbocycles. The minimum Gasteiger partial charge on any atom is -0.353 e. The number of nitro groups is 1. The molecule has 1 aliphatic heterocycles. The summed E-state index contributed by atoms with van der Waals surface area (Å²) in [4.78, 5) is 36.9. The molecule has 1 atom stereocenters. The molecule has 1 fully saturated rings. The zero-order chi connectivity index (χ0) is 25.2. The molecule has 0 saturated heterocycles. The van der Waals surface area contributed by atoms with Crippen LogP contribution in [0.2, 0.25) is 0 Å². The maximum Gasteiger partial charge on any atom is 0.269 e. The van der Waals surface area contributed by atoms with E-state index < -0.39 is 10.8 Å². The van der Waals surface area contributed by atoms with E-state index in [4.69, 9.17) is 0 Å². The Morgan fingerprint density at radius 3 is 2.71 bits per heavy atom. The van der Waals surface area contributed by atoms with E-state index in [0.717, 1.165) is 31.4 Å². The third-order valence-electron chi connectivity index (χ3n) is 6.86. The number of non-ortho nitro benzene ring substituents is 1. The predicted molar refractivity (Wildman–Crippen MR) is 134 cm³/mol. The van der Waals surface area contributed by atoms with Crippen molar-refractivity contribution < 1.29 is 14.5 Å². The maximum atomic E-state index is 13.3. The molecule has 1 aromatic rings. The van der Waals surface area contributed by atoms with Crippen LogP contribution in [0.25, 0.3) is 0 Å². The molecule has 1 amide bonds. The Morgan fingerprint density at radius 2 is 2.03 bits per heavy atom. The van der Waals surface area contributed by atoms with Crippen molar-refractivity contribution in [3.8, 4) is 6.07 Å². The summed E-state index contributed by atoms with van der Waals surface area (Å²) in [5.41, 5.74) is 1.73. The van der Waals surface area contributed by atoms with Gasteiger partial charge in [-0.15, -0.1) is 0 Å². The van der Waals surface area contributed by atoms with Crippen molar-refractivity contribution in [2.75, 3.05) is 5.75 Å². The van der Waals surface area contributed by atoms with Gasteiger partial charge >= 0.3 is 0 Å². The number of rotatable bonds is 6. The highest BCUT2D eigenvalue weighted by Gasteiger charge is 2.42. The number of nitro benzene ring substituents is 1. The summed E-state index contributed by atoms with van der Waals surface area (Å²) in [6.45, 7) is 4.04. The first kappa shape index (κ1) is 25.0. The first-order valence-corrected chi connectivity index (χ1v) is 13.0. The molecule has 1 aromatic carbocycles. The second-order valence-corrected chi connectivity index (χ2v) is 11.3. The lowest BCUT2D eigenvalue weighted by molar-refractivity contribution is -0.384. The molecule has 184 valence electrons. The van der Waals surface area contributed by atoms with Crippen LogP contribution in [0.4, 0.5) is 5.69 Å². The number of dihydropyridines is 1. The van der Waals surface area contributed by atoms with Gasteiger partial charge < -0.3 is 10.6 Å². The average molecular weight is 495 g/mol. The van der Waals surface area contributed by atoms with Crippen LogP contribution in [0.3, 0.4) is 0 Å². The normalized spacial score (nSPS) is 22.2. The number of nitrogens with zero attached hydrogens (tertiary/aromatic N) is 2. The van der Waals surface area contributed by atoms with Crippen molar-refractivity contribution >= 4 is 29.1 Å². The van der Waals surface area contributed by atoms with E-state index in [9.17, 15) is 25.0 Å². The minimum atomic E-state index is -0.705. The Balaban J connectivity index is 1.66. The highest BCUT2D eigenvalue weighted by Crippen LogP contribution is 2.48. The molecule has 4 rings (SSSR count). The molecule has 0 aromatic heterocycles. The average Bonchev–Trinajstić information content (AvgIpc) is 2.81. The van der Waals surface area contributed by atoms with Crippen LogP contribution in [0.15, 0.2) is 46.1 Å². The van der Waals surface area contributed by atoms with Crippen LogP contribution < -0.4 is 10.6 Å². The zero-order valence-corrected chi connectivity index (χ0v) is 20.9. The summed E-state index contributed by atoms with van der Waals surface area (Å²) in [6, 6.07) is 8.56. The summed E-state index contributed by atoms with van der Waals surface area (Å²) >= 11 is 1.25. The number of amides is 1. The van der Waals surface area contributed by atoms with Gasteiger partial charge in [0.15, 0.2) is 5.78 Å². The van der Waals surface area contributed by atoms with Gasteiger partial charge in [0.2, 0.25) is 5.91 Å². The van der Waals surface area contributed by atoms with E-state index in [1.165, 1.54) is 30.3 Å². The van der Waals surface area contributed by atoms with Crippen LogP contribution >= 0.6 is 11.8 Å². The van der Waals surface area contributed by atoms with Gasteiger partial charge in [-0.2, -0.15) is 5.26 Å². The molecule has 1 heterocycles. The van der Waals surface area contributed by atoms with E-state index in [1.54, 1.807) is 12.1 Å². The van der Waals surface area contributed by atoms with Crippen molar-refractivity contribution in [2.45, 2.75) is 70.8 Å². The van der Waals surface area contributed by atoms with Crippen LogP contribution in [0, 0.1) is 26.9 Å². The second kappa shape index (κ2) is 10.2. The van der Waals surface area contributed by atoms with Gasteiger partial charge in [0.1, 0.15) is 0 Å². The van der Waals surface area contributed by atoms with Crippen LogP contribution in [-0.4, -0.2) is 28.4 Å². The third kappa shape index (κ3) is 5.59. The van der Waals surface area contributed by atoms with Gasteiger partial charge in [-0.05, 0) is 30.2 Å². The highest BCUT2D eigenvalue weighted by molar-refractivity contribution is 8.03. The van der Waals surface area contributed by atoms with Crippen molar-refractivity contribution in [3.05, 3.63) is 61.8 Å². The maximum absolute atomic E-state index is 13.3. The number of Topliss-reactive ketones (excluding diaryl/α,β-unsaturated/α-hetero) is 1. The lowest BCUT2D eigenvalue weighted by atomic mass is 9.69. The first-order chi connectivity index (χ1) is 16.7. The molecule has 9 heteroatoms. The monoisotopic (exact) mass is 494 g/mol. The first-order valence-electron chi connectivity index (χ1n) is 12.0. The van der Waals surface area contributed by atoms with Gasteiger partial charge in [-0.3, -0.25) is 19.7 Å². The molecule has 2 N–H and O–H groups in total. The predicted octanol–water partition coefficient (Wildman–Crippen LogP) is 4.84. The standard InChI is InChI=1S/C26H30N4O4S/c1-26(2)12-20-24(21(31)13-26)23(16-7-6-10-18(11-16)30(33)34)19(14-27)25(29-20)35-15-22(32)28-17-8-4-3-5-9-17/h6-7,10-11,17,23,29H,3-5,8-9,12-13,15H2,1-2H3,(H,28,32). The smallest absolute Gasteiger partial charge is 0.269 e. The highest BCUT2D eigenvalue weighted by atomic mass is 32.2. The third-order valence-corrected chi connectivity index (χ3v) is 7.88. The number of carbonyl (C=O) groups excluding carboxylic acids is 2. The number of hydrogen-bond donors (Lipinski definition) is 2. The van der Waals surface area contributed by atoms with Gasteiger partial charge in [-0.25, -0.2) is 0 Å². The molecule has 0 bridgehead atoms. The fourth-order valence-corrected chi connectivity index (χ4v) is 6.17. The Bertz CT molecular complexity index is 1160. The van der Waals surface area contributed by atoms with Crippen LogP contribution in [-0.2, 0) is 9.59 Å². The van der Waals surface area contributed by atoms with Crippen molar-refractivity contribution in [1.29, 1.82) is 5.26 Å². The molecular formula is C26H30N4O4S. The molecule has 35 heavy (non-hydrogen) atoms. The molecule has 3 aliphatic rings. The summed E-state index contributed by atoms with van der Waals surface area (Å²) in [7, 11) is 0. The molecule has 1 saturated carbocycles. The van der Waals surface area contributed by atoms with Crippen molar-refractivity contribution in [2.24, 2.45) is 5.41 Å². The van der Waals surface area contributed by atoms with E-state index in [0.29, 0.717) is 34.6 Å². The number of allylic oxidation sites excluding steroid dienone is 3. The van der Waals surface area contributed by atoms with E-state index >= 15 is 0 Å². The number of ketones is 1. The number of nitrogens with one attached hydrogen (secondary N) is 2. The number of thioether (sulfide) groups is 1. The van der Waals surface area contributed by atoms with Gasteiger partial charge in [-0.1, -0.05) is 57.0 Å². The van der Waals surface area contributed by atoms with Gasteiger partial charge in [0.05, 0.1) is 33.3 Å².